The molecule has 0 saturated carbocycles. The molecule has 94 valence electrons. The Kier molecular flexibility index (Phi) is 3.82. The molecular weight excluding hydrogens is 256 g/mol. The van der Waals surface area contributed by atoms with Crippen LogP contribution in [-0.4, -0.2) is 7.05 Å². The summed E-state index contributed by atoms with van der Waals surface area (Å²) in [6.45, 7) is 0. The van der Waals surface area contributed by atoms with Gasteiger partial charge < -0.3 is 4.90 Å². The molecule has 2 aromatic carbocycles. The summed E-state index contributed by atoms with van der Waals surface area (Å²) >= 11 is 5.64. The molecule has 0 saturated heterocycles. The molecule has 4 heteroatoms. The highest BCUT2D eigenvalue weighted by Gasteiger charge is 2.10. The van der Waals surface area contributed by atoms with E-state index in [2.05, 4.69) is 0 Å². The number of hydrogen-bond acceptors (Lipinski definition) is 1. The number of anilines is 2. The van der Waals surface area contributed by atoms with Gasteiger partial charge in [0.25, 0.3) is 0 Å². The van der Waals surface area contributed by atoms with Gasteiger partial charge in [-0.3, -0.25) is 0 Å². The fourth-order valence-corrected chi connectivity index (χ4v) is 1.90. The first-order valence-corrected chi connectivity index (χ1v) is 5.99. The van der Waals surface area contributed by atoms with Crippen molar-refractivity contribution in [2.24, 2.45) is 0 Å². The van der Waals surface area contributed by atoms with Gasteiger partial charge in [-0.05, 0) is 35.9 Å². The van der Waals surface area contributed by atoms with E-state index in [4.69, 9.17) is 11.6 Å². The van der Waals surface area contributed by atoms with Crippen LogP contribution < -0.4 is 4.90 Å². The molecule has 2 aromatic rings. The number of alkyl halides is 1. The number of hydrogen-bond donors (Lipinski definition) is 0. The summed E-state index contributed by atoms with van der Waals surface area (Å²) < 4.78 is 27.0. The molecule has 0 fully saturated rings. The lowest BCUT2D eigenvalue weighted by atomic mass is 10.2. The molecule has 0 heterocycles. The first-order chi connectivity index (χ1) is 8.61. The van der Waals surface area contributed by atoms with Crippen molar-refractivity contribution in [3.8, 4) is 0 Å². The van der Waals surface area contributed by atoms with Crippen LogP contribution in [0.15, 0.2) is 42.5 Å². The lowest BCUT2D eigenvalue weighted by Gasteiger charge is -2.20. The molecule has 0 aliphatic heterocycles. The van der Waals surface area contributed by atoms with Crippen molar-refractivity contribution < 1.29 is 8.78 Å². The number of rotatable bonds is 3. The Hall–Kier alpha value is -1.61. The molecule has 0 N–H and O–H groups in total. The van der Waals surface area contributed by atoms with E-state index in [-0.39, 0.29) is 17.5 Å². The van der Waals surface area contributed by atoms with Crippen LogP contribution in [0, 0.1) is 11.6 Å². The van der Waals surface area contributed by atoms with Crippen molar-refractivity contribution in [3.63, 3.8) is 0 Å². The third-order valence-electron chi connectivity index (χ3n) is 2.72. The van der Waals surface area contributed by atoms with Crippen LogP contribution in [-0.2, 0) is 5.88 Å². The lowest BCUT2D eigenvalue weighted by molar-refractivity contribution is 0.622. The molecule has 18 heavy (non-hydrogen) atoms. The molecule has 2 rings (SSSR count). The van der Waals surface area contributed by atoms with Crippen LogP contribution >= 0.6 is 11.6 Å². The Morgan fingerprint density at radius 2 is 1.89 bits per heavy atom. The van der Waals surface area contributed by atoms with E-state index in [0.29, 0.717) is 16.9 Å². The van der Waals surface area contributed by atoms with Gasteiger partial charge in [0.05, 0.1) is 5.69 Å². The minimum atomic E-state index is -0.375. The topological polar surface area (TPSA) is 3.24 Å². The SMILES string of the molecule is CN(c1cccc(F)c1)c1ccc(CCl)cc1F. The van der Waals surface area contributed by atoms with Gasteiger partial charge in [-0.1, -0.05) is 12.1 Å². The van der Waals surface area contributed by atoms with Gasteiger partial charge >= 0.3 is 0 Å². The second kappa shape index (κ2) is 5.36. The van der Waals surface area contributed by atoms with Crippen molar-refractivity contribution >= 4 is 23.0 Å². The van der Waals surface area contributed by atoms with Gasteiger partial charge in [0.2, 0.25) is 0 Å². The maximum Gasteiger partial charge on any atom is 0.147 e. The van der Waals surface area contributed by atoms with Gasteiger partial charge in [0, 0.05) is 18.6 Å². The third-order valence-corrected chi connectivity index (χ3v) is 3.03. The minimum absolute atomic E-state index is 0.265. The highest BCUT2D eigenvalue weighted by molar-refractivity contribution is 6.17. The highest BCUT2D eigenvalue weighted by Crippen LogP contribution is 2.27. The first-order valence-electron chi connectivity index (χ1n) is 5.45. The van der Waals surface area contributed by atoms with Crippen molar-refractivity contribution in [2.45, 2.75) is 5.88 Å². The Morgan fingerprint density at radius 1 is 1.11 bits per heavy atom. The van der Waals surface area contributed by atoms with Crippen molar-refractivity contribution in [1.29, 1.82) is 0 Å². The summed E-state index contributed by atoms with van der Waals surface area (Å²) in [6.07, 6.45) is 0. The predicted octanol–water partition coefficient (Wildman–Crippen LogP) is 4.47. The molecule has 0 atom stereocenters. The minimum Gasteiger partial charge on any atom is -0.342 e. The maximum absolute atomic E-state index is 13.9. The molecular formula is C14H12ClF2N. The van der Waals surface area contributed by atoms with Crippen LogP contribution in [0.2, 0.25) is 0 Å². The molecule has 0 bridgehead atoms. The Morgan fingerprint density at radius 3 is 2.50 bits per heavy atom. The predicted molar refractivity (Wildman–Crippen MR) is 70.4 cm³/mol. The molecule has 0 amide bonds. The van der Waals surface area contributed by atoms with E-state index in [9.17, 15) is 8.78 Å². The smallest absolute Gasteiger partial charge is 0.147 e. The zero-order valence-corrected chi connectivity index (χ0v) is 10.6. The van der Waals surface area contributed by atoms with Crippen LogP contribution in [0.1, 0.15) is 5.56 Å². The standard InChI is InChI=1S/C14H12ClF2N/c1-18(12-4-2-3-11(16)8-12)14-6-5-10(9-15)7-13(14)17/h2-8H,9H2,1H3. The molecule has 0 aliphatic carbocycles. The average molecular weight is 268 g/mol. The molecule has 0 spiro atoms. The summed E-state index contributed by atoms with van der Waals surface area (Å²) in [5, 5.41) is 0. The summed E-state index contributed by atoms with van der Waals surface area (Å²) in [5.74, 6) is -0.460. The maximum atomic E-state index is 13.9. The molecule has 0 aromatic heterocycles. The highest BCUT2D eigenvalue weighted by atomic mass is 35.5. The van der Waals surface area contributed by atoms with Crippen molar-refractivity contribution in [2.75, 3.05) is 11.9 Å². The van der Waals surface area contributed by atoms with Crippen molar-refractivity contribution in [1.82, 2.24) is 0 Å². The van der Waals surface area contributed by atoms with Gasteiger partial charge in [-0.15, -0.1) is 11.6 Å². The summed E-state index contributed by atoms with van der Waals surface area (Å²) in [7, 11) is 1.69. The normalized spacial score (nSPS) is 10.4. The summed E-state index contributed by atoms with van der Waals surface area (Å²) in [5.41, 5.74) is 1.69. The molecule has 0 radical (unpaired) electrons. The van der Waals surface area contributed by atoms with Crippen LogP contribution in [0.5, 0.6) is 0 Å². The van der Waals surface area contributed by atoms with E-state index in [1.165, 1.54) is 18.2 Å². The Bertz CT molecular complexity index is 557. The van der Waals surface area contributed by atoms with Crippen molar-refractivity contribution in [3.05, 3.63) is 59.7 Å². The Balaban J connectivity index is 2.37. The zero-order chi connectivity index (χ0) is 13.1. The third kappa shape index (κ3) is 2.62. The fraction of sp³-hybridized carbons (Fsp3) is 0.143. The lowest BCUT2D eigenvalue weighted by Crippen LogP contribution is -2.11. The fourth-order valence-electron chi connectivity index (χ4n) is 1.73. The van der Waals surface area contributed by atoms with Gasteiger partial charge in [-0.2, -0.15) is 0 Å². The van der Waals surface area contributed by atoms with Gasteiger partial charge in [0.15, 0.2) is 0 Å². The van der Waals surface area contributed by atoms with Gasteiger partial charge in [0.1, 0.15) is 11.6 Å². The Labute approximate surface area is 110 Å². The average Bonchev–Trinajstić information content (AvgIpc) is 2.37. The molecule has 0 aliphatic rings. The number of benzene rings is 2. The second-order valence-electron chi connectivity index (χ2n) is 3.96. The molecule has 0 unspecified atom stereocenters. The number of halogens is 3. The second-order valence-corrected chi connectivity index (χ2v) is 4.23. The summed E-state index contributed by atoms with van der Waals surface area (Å²) in [4.78, 5) is 1.59. The van der Waals surface area contributed by atoms with Gasteiger partial charge in [-0.25, -0.2) is 8.78 Å². The quantitative estimate of drug-likeness (QED) is 0.742. The largest absolute Gasteiger partial charge is 0.342 e. The van der Waals surface area contributed by atoms with E-state index < -0.39 is 0 Å². The van der Waals surface area contributed by atoms with Crippen LogP contribution in [0.25, 0.3) is 0 Å². The number of nitrogens with zero attached hydrogens (tertiary/aromatic N) is 1. The molecule has 1 nitrogen and oxygen atoms in total. The first kappa shape index (κ1) is 12.8. The monoisotopic (exact) mass is 267 g/mol. The van der Waals surface area contributed by atoms with Crippen LogP contribution in [0.3, 0.4) is 0 Å². The van der Waals surface area contributed by atoms with E-state index in [1.54, 1.807) is 36.2 Å². The van der Waals surface area contributed by atoms with E-state index in [0.717, 1.165) is 0 Å². The van der Waals surface area contributed by atoms with E-state index in [1.807, 2.05) is 0 Å². The van der Waals surface area contributed by atoms with Crippen LogP contribution in [0.4, 0.5) is 20.2 Å². The summed E-state index contributed by atoms with van der Waals surface area (Å²) in [6, 6.07) is 10.8. The van der Waals surface area contributed by atoms with E-state index >= 15 is 0 Å². The zero-order valence-electron chi connectivity index (χ0n) is 9.83.